The zero-order valence-electron chi connectivity index (χ0n) is 8.86. The first-order valence-corrected chi connectivity index (χ1v) is 5.62. The van der Waals surface area contributed by atoms with Gasteiger partial charge in [-0.05, 0) is 6.54 Å². The molecule has 1 aliphatic rings. The first-order chi connectivity index (χ1) is 7.29. The van der Waals surface area contributed by atoms with Crippen LogP contribution in [0.5, 0.6) is 0 Å². The third-order valence-electron chi connectivity index (χ3n) is 2.75. The molecule has 0 N–H and O–H groups in total. The van der Waals surface area contributed by atoms with E-state index in [-0.39, 0.29) is 0 Å². The molecule has 0 spiro atoms. The van der Waals surface area contributed by atoms with Crippen LogP contribution >= 0.6 is 11.6 Å². The smallest absolute Gasteiger partial charge is 0.147 e. The van der Waals surface area contributed by atoms with E-state index in [1.807, 2.05) is 0 Å². The van der Waals surface area contributed by atoms with Crippen molar-refractivity contribution < 1.29 is 0 Å². The fourth-order valence-corrected chi connectivity index (χ4v) is 1.86. The summed E-state index contributed by atoms with van der Waals surface area (Å²) in [6, 6.07) is 0. The second kappa shape index (κ2) is 4.77. The van der Waals surface area contributed by atoms with Crippen LogP contribution in [-0.4, -0.2) is 47.6 Å². The molecule has 4 nitrogen and oxygen atoms in total. The van der Waals surface area contributed by atoms with Gasteiger partial charge in [0, 0.05) is 26.2 Å². The average Bonchev–Trinajstić information content (AvgIpc) is 2.30. The molecule has 1 aliphatic heterocycles. The molecule has 15 heavy (non-hydrogen) atoms. The normalized spacial score (nSPS) is 18.1. The van der Waals surface area contributed by atoms with Gasteiger partial charge in [-0.2, -0.15) is 0 Å². The predicted octanol–water partition coefficient (Wildman–Crippen LogP) is 1.27. The van der Waals surface area contributed by atoms with E-state index in [9.17, 15) is 0 Å². The van der Waals surface area contributed by atoms with Crippen molar-refractivity contribution in [1.29, 1.82) is 0 Å². The van der Waals surface area contributed by atoms with Crippen LogP contribution in [0, 0.1) is 0 Å². The molecule has 1 aromatic rings. The molecule has 2 rings (SSSR count). The molecule has 1 aromatic heterocycles. The van der Waals surface area contributed by atoms with Crippen LogP contribution in [0.15, 0.2) is 12.4 Å². The second-order valence-electron chi connectivity index (χ2n) is 3.62. The Kier molecular flexibility index (Phi) is 3.38. The Bertz CT molecular complexity index is 306. The molecule has 0 atom stereocenters. The van der Waals surface area contributed by atoms with Crippen molar-refractivity contribution in [1.82, 2.24) is 14.9 Å². The van der Waals surface area contributed by atoms with Crippen LogP contribution in [0.2, 0.25) is 5.15 Å². The molecule has 0 amide bonds. The van der Waals surface area contributed by atoms with Crippen molar-refractivity contribution in [3.8, 4) is 0 Å². The van der Waals surface area contributed by atoms with Crippen molar-refractivity contribution in [2.24, 2.45) is 0 Å². The van der Waals surface area contributed by atoms with E-state index in [2.05, 4.69) is 26.7 Å². The molecule has 1 fully saturated rings. The maximum atomic E-state index is 5.70. The van der Waals surface area contributed by atoms with Crippen molar-refractivity contribution in [3.05, 3.63) is 17.5 Å². The van der Waals surface area contributed by atoms with Gasteiger partial charge in [0.25, 0.3) is 0 Å². The summed E-state index contributed by atoms with van der Waals surface area (Å²) in [5.41, 5.74) is 0. The molecule has 82 valence electrons. The summed E-state index contributed by atoms with van der Waals surface area (Å²) in [6.45, 7) is 7.55. The zero-order valence-corrected chi connectivity index (χ0v) is 9.61. The van der Waals surface area contributed by atoms with Crippen molar-refractivity contribution in [2.75, 3.05) is 37.6 Å². The van der Waals surface area contributed by atoms with Gasteiger partial charge in [0.1, 0.15) is 11.0 Å². The Morgan fingerprint density at radius 1 is 1.20 bits per heavy atom. The molecule has 0 saturated carbocycles. The van der Waals surface area contributed by atoms with Crippen LogP contribution in [0.3, 0.4) is 0 Å². The van der Waals surface area contributed by atoms with E-state index in [4.69, 9.17) is 11.6 Å². The minimum Gasteiger partial charge on any atom is -0.353 e. The number of likely N-dealkylation sites (N-methyl/N-ethyl adjacent to an activating group) is 1. The third-order valence-corrected chi connectivity index (χ3v) is 2.95. The summed E-state index contributed by atoms with van der Waals surface area (Å²) in [5.74, 6) is 0.926. The molecule has 0 unspecified atom stereocenters. The molecular weight excluding hydrogens is 212 g/mol. The van der Waals surface area contributed by atoms with Gasteiger partial charge >= 0.3 is 0 Å². The predicted molar refractivity (Wildman–Crippen MR) is 61.4 cm³/mol. The monoisotopic (exact) mass is 226 g/mol. The first kappa shape index (κ1) is 10.6. The lowest BCUT2D eigenvalue weighted by Crippen LogP contribution is -2.46. The van der Waals surface area contributed by atoms with Gasteiger partial charge in [-0.15, -0.1) is 0 Å². The van der Waals surface area contributed by atoms with Crippen molar-refractivity contribution in [3.63, 3.8) is 0 Å². The Morgan fingerprint density at radius 2 is 1.93 bits per heavy atom. The fraction of sp³-hybridized carbons (Fsp3) is 0.600. The molecule has 1 saturated heterocycles. The van der Waals surface area contributed by atoms with Gasteiger partial charge in [0.2, 0.25) is 0 Å². The van der Waals surface area contributed by atoms with E-state index in [1.54, 1.807) is 12.4 Å². The topological polar surface area (TPSA) is 32.3 Å². The number of anilines is 1. The highest BCUT2D eigenvalue weighted by atomic mass is 35.5. The summed E-state index contributed by atoms with van der Waals surface area (Å²) in [4.78, 5) is 13.0. The summed E-state index contributed by atoms with van der Waals surface area (Å²) in [7, 11) is 0. The van der Waals surface area contributed by atoms with Gasteiger partial charge in [-0.3, -0.25) is 0 Å². The molecule has 0 aliphatic carbocycles. The minimum atomic E-state index is 0.450. The summed E-state index contributed by atoms with van der Waals surface area (Å²) >= 11 is 5.70. The van der Waals surface area contributed by atoms with E-state index in [0.29, 0.717) is 5.15 Å². The lowest BCUT2D eigenvalue weighted by Gasteiger charge is -2.34. The van der Waals surface area contributed by atoms with Crippen LogP contribution in [-0.2, 0) is 0 Å². The van der Waals surface area contributed by atoms with Gasteiger partial charge in [0.15, 0.2) is 0 Å². The van der Waals surface area contributed by atoms with Crippen molar-refractivity contribution in [2.45, 2.75) is 6.92 Å². The maximum absolute atomic E-state index is 5.70. The number of aromatic nitrogens is 2. The highest BCUT2D eigenvalue weighted by Gasteiger charge is 2.16. The van der Waals surface area contributed by atoms with Crippen LogP contribution in [0.25, 0.3) is 0 Å². The van der Waals surface area contributed by atoms with Crippen LogP contribution in [0.4, 0.5) is 5.82 Å². The molecule has 5 heteroatoms. The van der Waals surface area contributed by atoms with Crippen molar-refractivity contribution >= 4 is 17.4 Å². The second-order valence-corrected chi connectivity index (χ2v) is 4.01. The number of hydrogen-bond acceptors (Lipinski definition) is 4. The molecular formula is C10H15ClN4. The molecule has 0 bridgehead atoms. The highest BCUT2D eigenvalue weighted by molar-refractivity contribution is 6.29. The Hall–Kier alpha value is -0.870. The van der Waals surface area contributed by atoms with Gasteiger partial charge in [-0.1, -0.05) is 18.5 Å². The Labute approximate surface area is 94.9 Å². The number of rotatable bonds is 2. The number of hydrogen-bond donors (Lipinski definition) is 0. The summed E-state index contributed by atoms with van der Waals surface area (Å²) in [6.07, 6.45) is 3.34. The lowest BCUT2D eigenvalue weighted by molar-refractivity contribution is 0.270. The van der Waals surface area contributed by atoms with E-state index < -0.39 is 0 Å². The zero-order chi connectivity index (χ0) is 10.7. The number of piperazine rings is 1. The third kappa shape index (κ3) is 2.58. The molecule has 0 aromatic carbocycles. The SMILES string of the molecule is CCN1CCN(c2cnc(Cl)cn2)CC1. The van der Waals surface area contributed by atoms with Gasteiger partial charge in [0.05, 0.1) is 12.4 Å². The van der Waals surface area contributed by atoms with E-state index >= 15 is 0 Å². The Morgan fingerprint density at radius 3 is 2.47 bits per heavy atom. The van der Waals surface area contributed by atoms with Crippen LogP contribution < -0.4 is 4.90 Å². The Balaban J connectivity index is 1.98. The maximum Gasteiger partial charge on any atom is 0.147 e. The first-order valence-electron chi connectivity index (χ1n) is 5.24. The minimum absolute atomic E-state index is 0.450. The standard InChI is InChI=1S/C10H15ClN4/c1-2-14-3-5-15(6-4-14)10-8-12-9(11)7-13-10/h7-8H,2-6H2,1H3. The highest BCUT2D eigenvalue weighted by Crippen LogP contribution is 2.13. The lowest BCUT2D eigenvalue weighted by atomic mass is 10.3. The summed E-state index contributed by atoms with van der Waals surface area (Å²) < 4.78 is 0. The van der Waals surface area contributed by atoms with Crippen LogP contribution in [0.1, 0.15) is 6.92 Å². The fourth-order valence-electron chi connectivity index (χ4n) is 1.76. The van der Waals surface area contributed by atoms with E-state index in [0.717, 1.165) is 38.5 Å². The molecule has 0 radical (unpaired) electrons. The largest absolute Gasteiger partial charge is 0.353 e. The molecule has 2 heterocycles. The van der Waals surface area contributed by atoms with E-state index in [1.165, 1.54) is 0 Å². The summed E-state index contributed by atoms with van der Waals surface area (Å²) in [5, 5.41) is 0.450. The van der Waals surface area contributed by atoms with Gasteiger partial charge in [-0.25, -0.2) is 9.97 Å². The average molecular weight is 227 g/mol. The number of halogens is 1. The number of nitrogens with zero attached hydrogens (tertiary/aromatic N) is 4. The quantitative estimate of drug-likeness (QED) is 0.761. The van der Waals surface area contributed by atoms with Gasteiger partial charge < -0.3 is 9.80 Å².